The summed E-state index contributed by atoms with van der Waals surface area (Å²) in [5.41, 5.74) is 9.16. The maximum absolute atomic E-state index is 2.44. The summed E-state index contributed by atoms with van der Waals surface area (Å²) in [6.07, 6.45) is 2.30. The number of benzene rings is 1. The van der Waals surface area contributed by atoms with E-state index in [0.29, 0.717) is 5.92 Å². The maximum Gasteiger partial charge on any atom is 0.00291 e. The fourth-order valence-corrected chi connectivity index (χ4v) is 2.82. The molecule has 2 rings (SSSR count). The fourth-order valence-electron chi connectivity index (χ4n) is 2.82. The van der Waals surface area contributed by atoms with Crippen molar-refractivity contribution in [1.29, 1.82) is 0 Å². The molecule has 0 bridgehead atoms. The molecule has 0 heterocycles. The van der Waals surface area contributed by atoms with Gasteiger partial charge in [0.15, 0.2) is 0 Å². The van der Waals surface area contributed by atoms with Gasteiger partial charge in [0, 0.05) is 5.92 Å². The van der Waals surface area contributed by atoms with E-state index in [4.69, 9.17) is 0 Å². The van der Waals surface area contributed by atoms with Gasteiger partial charge in [0.2, 0.25) is 0 Å². The van der Waals surface area contributed by atoms with Crippen LogP contribution in [0.15, 0.2) is 17.7 Å². The Bertz CT molecular complexity index is 449. The fraction of sp³-hybridized carbons (Fsp3) is 0.500. The topological polar surface area (TPSA) is 0 Å². The Hall–Kier alpha value is -1.04. The molecule has 0 aromatic heterocycles. The highest BCUT2D eigenvalue weighted by Gasteiger charge is 2.23. The smallest absolute Gasteiger partial charge is 0.00291 e. The second-order valence-corrected chi connectivity index (χ2v) is 4.94. The van der Waals surface area contributed by atoms with Crippen LogP contribution in [0.5, 0.6) is 0 Å². The van der Waals surface area contributed by atoms with Crippen molar-refractivity contribution in [2.75, 3.05) is 0 Å². The van der Waals surface area contributed by atoms with Crippen LogP contribution < -0.4 is 0 Å². The summed E-state index contributed by atoms with van der Waals surface area (Å²) < 4.78 is 0. The Balaban J connectivity index is 2.62. The van der Waals surface area contributed by atoms with Crippen molar-refractivity contribution in [2.45, 2.75) is 53.4 Å². The Morgan fingerprint density at radius 1 is 1.00 bits per heavy atom. The molecule has 1 atom stereocenters. The van der Waals surface area contributed by atoms with Crippen LogP contribution in [0.2, 0.25) is 0 Å². The molecule has 1 aromatic rings. The van der Waals surface area contributed by atoms with Crippen LogP contribution in [0.1, 0.15) is 62.8 Å². The maximum atomic E-state index is 2.44. The average molecular weight is 214 g/mol. The zero-order chi connectivity index (χ0) is 11.9. The van der Waals surface area contributed by atoms with Crippen LogP contribution in [0.25, 0.3) is 5.57 Å². The molecule has 1 aliphatic carbocycles. The van der Waals surface area contributed by atoms with Crippen molar-refractivity contribution in [1.82, 2.24) is 0 Å². The van der Waals surface area contributed by atoms with Gasteiger partial charge < -0.3 is 0 Å². The lowest BCUT2D eigenvalue weighted by molar-refractivity contribution is 0.909. The number of aryl methyl sites for hydroxylation is 2. The van der Waals surface area contributed by atoms with Crippen molar-refractivity contribution >= 4 is 5.57 Å². The molecule has 0 saturated carbocycles. The van der Waals surface area contributed by atoms with Crippen LogP contribution in [-0.2, 0) is 12.8 Å². The molecule has 1 aliphatic rings. The van der Waals surface area contributed by atoms with E-state index >= 15 is 0 Å². The van der Waals surface area contributed by atoms with E-state index in [1.54, 1.807) is 11.1 Å². The van der Waals surface area contributed by atoms with Gasteiger partial charge >= 0.3 is 0 Å². The van der Waals surface area contributed by atoms with Crippen LogP contribution in [-0.4, -0.2) is 0 Å². The second kappa shape index (κ2) is 4.08. The van der Waals surface area contributed by atoms with Gasteiger partial charge in [-0.2, -0.15) is 0 Å². The largest absolute Gasteiger partial charge is 0.0626 e. The quantitative estimate of drug-likeness (QED) is 0.668. The summed E-state index contributed by atoms with van der Waals surface area (Å²) in [5, 5.41) is 0. The third-order valence-corrected chi connectivity index (χ3v) is 4.25. The van der Waals surface area contributed by atoms with Gasteiger partial charge in [-0.25, -0.2) is 0 Å². The van der Waals surface area contributed by atoms with Crippen molar-refractivity contribution in [3.05, 3.63) is 40.0 Å². The first kappa shape index (κ1) is 11.4. The van der Waals surface area contributed by atoms with Gasteiger partial charge in [-0.15, -0.1) is 0 Å². The molecule has 0 spiro atoms. The molecule has 0 fully saturated rings. The van der Waals surface area contributed by atoms with E-state index in [-0.39, 0.29) is 0 Å². The first-order valence-electron chi connectivity index (χ1n) is 6.43. The molecule has 86 valence electrons. The Kier molecular flexibility index (Phi) is 2.92. The van der Waals surface area contributed by atoms with E-state index < -0.39 is 0 Å². The van der Waals surface area contributed by atoms with Gasteiger partial charge in [0.05, 0.1) is 0 Å². The molecular formula is C16H22. The molecule has 0 N–H and O–H groups in total. The van der Waals surface area contributed by atoms with Gasteiger partial charge in [0.25, 0.3) is 0 Å². The molecule has 0 saturated heterocycles. The second-order valence-electron chi connectivity index (χ2n) is 4.94. The molecule has 16 heavy (non-hydrogen) atoms. The number of hydrogen-bond acceptors (Lipinski definition) is 0. The average Bonchev–Trinajstić information content (AvgIpc) is 2.52. The van der Waals surface area contributed by atoms with Crippen molar-refractivity contribution < 1.29 is 0 Å². The van der Waals surface area contributed by atoms with Gasteiger partial charge in [0.1, 0.15) is 0 Å². The summed E-state index contributed by atoms with van der Waals surface area (Å²) in [6.45, 7) is 11.4. The monoisotopic (exact) mass is 214 g/mol. The zero-order valence-electron chi connectivity index (χ0n) is 11.1. The summed E-state index contributed by atoms with van der Waals surface area (Å²) in [6, 6.07) is 4.87. The molecule has 0 aliphatic heterocycles. The Morgan fingerprint density at radius 2 is 1.56 bits per heavy atom. The third kappa shape index (κ3) is 1.52. The van der Waals surface area contributed by atoms with Crippen LogP contribution in [0, 0.1) is 0 Å². The highest BCUT2D eigenvalue weighted by molar-refractivity contribution is 5.77. The number of fused-ring (bicyclic) bond motifs is 1. The minimum absolute atomic E-state index is 0.617. The van der Waals surface area contributed by atoms with Crippen molar-refractivity contribution in [2.24, 2.45) is 0 Å². The van der Waals surface area contributed by atoms with E-state index in [0.717, 1.165) is 12.8 Å². The van der Waals surface area contributed by atoms with Gasteiger partial charge in [-0.05, 0) is 54.5 Å². The molecule has 0 heteroatoms. The van der Waals surface area contributed by atoms with Crippen LogP contribution in [0.4, 0.5) is 0 Å². The predicted molar refractivity (Wildman–Crippen MR) is 71.9 cm³/mol. The number of allylic oxidation sites excluding steroid dienone is 2. The van der Waals surface area contributed by atoms with Gasteiger partial charge in [-0.3, -0.25) is 0 Å². The zero-order valence-corrected chi connectivity index (χ0v) is 11.1. The van der Waals surface area contributed by atoms with E-state index in [1.165, 1.54) is 22.3 Å². The SMILES string of the molecule is CCc1cc2c(cc1CC)C(C)C(C)=C2C. The molecule has 1 unspecified atom stereocenters. The first-order valence-corrected chi connectivity index (χ1v) is 6.43. The summed E-state index contributed by atoms with van der Waals surface area (Å²) in [7, 11) is 0. The lowest BCUT2D eigenvalue weighted by Crippen LogP contribution is -1.97. The molecule has 0 radical (unpaired) electrons. The third-order valence-electron chi connectivity index (χ3n) is 4.25. The van der Waals surface area contributed by atoms with E-state index in [2.05, 4.69) is 46.8 Å². The first-order chi connectivity index (χ1) is 7.60. The lowest BCUT2D eigenvalue weighted by Gasteiger charge is -2.13. The minimum atomic E-state index is 0.617. The summed E-state index contributed by atoms with van der Waals surface area (Å²) in [4.78, 5) is 0. The number of rotatable bonds is 2. The number of hydrogen-bond donors (Lipinski definition) is 0. The van der Waals surface area contributed by atoms with Crippen molar-refractivity contribution in [3.63, 3.8) is 0 Å². The van der Waals surface area contributed by atoms with Gasteiger partial charge in [-0.1, -0.05) is 38.5 Å². The Labute approximate surface area is 99.4 Å². The normalized spacial score (nSPS) is 19.2. The van der Waals surface area contributed by atoms with Crippen LogP contribution in [0.3, 0.4) is 0 Å². The standard InChI is InChI=1S/C16H22/c1-6-13-8-15-11(4)10(3)12(5)16(15)9-14(13)7-2/h8-9,11H,6-7H2,1-5H3. The Morgan fingerprint density at radius 3 is 2.12 bits per heavy atom. The molecular weight excluding hydrogens is 192 g/mol. The highest BCUT2D eigenvalue weighted by atomic mass is 14.3. The van der Waals surface area contributed by atoms with Crippen molar-refractivity contribution in [3.8, 4) is 0 Å². The van der Waals surface area contributed by atoms with E-state index in [1.807, 2.05) is 0 Å². The molecule has 0 nitrogen and oxygen atoms in total. The minimum Gasteiger partial charge on any atom is -0.0626 e. The highest BCUT2D eigenvalue weighted by Crippen LogP contribution is 2.42. The summed E-state index contributed by atoms with van der Waals surface area (Å²) >= 11 is 0. The summed E-state index contributed by atoms with van der Waals surface area (Å²) in [5.74, 6) is 0.617. The van der Waals surface area contributed by atoms with Crippen LogP contribution >= 0.6 is 0 Å². The molecule has 0 amide bonds. The van der Waals surface area contributed by atoms with E-state index in [9.17, 15) is 0 Å². The lowest BCUT2D eigenvalue weighted by atomic mass is 9.92. The molecule has 1 aromatic carbocycles. The predicted octanol–water partition coefficient (Wildman–Crippen LogP) is 4.72.